The maximum atomic E-state index is 14.5. The van der Waals surface area contributed by atoms with Crippen molar-refractivity contribution in [2.75, 3.05) is 7.11 Å². The van der Waals surface area contributed by atoms with Crippen molar-refractivity contribution in [3.63, 3.8) is 0 Å². The lowest BCUT2D eigenvalue weighted by Gasteiger charge is -2.14. The molecule has 0 amide bonds. The number of hydrogen-bond acceptors (Lipinski definition) is 7. The zero-order chi connectivity index (χ0) is 25.4. The second-order valence-corrected chi connectivity index (χ2v) is 9.61. The van der Waals surface area contributed by atoms with Crippen molar-refractivity contribution in [3.05, 3.63) is 92.5 Å². The summed E-state index contributed by atoms with van der Waals surface area (Å²) in [5.41, 5.74) is 3.80. The average molecular weight is 506 g/mol. The number of benzene rings is 2. The standard InChI is InChI=1S/C27H24FN3O4S/c1-15-8-17-19(11-29-36-16-6-4-3-5-7-16)20-12-31-24(26(20)30-23(17)10-22(15)28)9-18(25(33)13-32)21(14-35-2)27(31)34/h3-10,13,25,29,33H,11-12,14H2,1-2H3. The van der Waals surface area contributed by atoms with E-state index in [0.29, 0.717) is 35.3 Å². The first kappa shape index (κ1) is 24.3. The van der Waals surface area contributed by atoms with Gasteiger partial charge in [-0.3, -0.25) is 9.52 Å². The van der Waals surface area contributed by atoms with E-state index in [-0.39, 0.29) is 35.7 Å². The van der Waals surface area contributed by atoms with Crippen LogP contribution in [0.5, 0.6) is 0 Å². The van der Waals surface area contributed by atoms with Crippen molar-refractivity contribution in [1.82, 2.24) is 14.3 Å². The van der Waals surface area contributed by atoms with Gasteiger partial charge in [0.1, 0.15) is 11.9 Å². The number of nitrogens with one attached hydrogen (secondary N) is 1. The predicted molar refractivity (Wildman–Crippen MR) is 136 cm³/mol. The lowest BCUT2D eigenvalue weighted by atomic mass is 9.98. The first-order chi connectivity index (χ1) is 17.4. The number of pyridine rings is 2. The van der Waals surface area contributed by atoms with Gasteiger partial charge in [0.25, 0.3) is 5.56 Å². The number of aromatic nitrogens is 2. The quantitative estimate of drug-likeness (QED) is 0.243. The third-order valence-corrected chi connectivity index (χ3v) is 7.19. The van der Waals surface area contributed by atoms with E-state index in [1.165, 1.54) is 25.1 Å². The van der Waals surface area contributed by atoms with Crippen molar-refractivity contribution in [1.29, 1.82) is 0 Å². The minimum absolute atomic E-state index is 0.0440. The van der Waals surface area contributed by atoms with Crippen molar-refractivity contribution >= 4 is 29.1 Å². The molecule has 2 N–H and O–H groups in total. The molecule has 0 bridgehead atoms. The van der Waals surface area contributed by atoms with Gasteiger partial charge in [-0.1, -0.05) is 18.2 Å². The van der Waals surface area contributed by atoms with Crippen molar-refractivity contribution in [2.24, 2.45) is 0 Å². The average Bonchev–Trinajstić information content (AvgIpc) is 3.25. The first-order valence-corrected chi connectivity index (χ1v) is 12.2. The van der Waals surface area contributed by atoms with E-state index in [2.05, 4.69) is 4.72 Å². The van der Waals surface area contributed by atoms with Gasteiger partial charge < -0.3 is 19.2 Å². The number of methoxy groups -OCH3 is 1. The molecule has 0 aliphatic carbocycles. The molecular weight excluding hydrogens is 481 g/mol. The predicted octanol–water partition coefficient (Wildman–Crippen LogP) is 4.05. The van der Waals surface area contributed by atoms with Crippen LogP contribution in [0.1, 0.15) is 33.9 Å². The number of aldehydes is 1. The van der Waals surface area contributed by atoms with Crippen molar-refractivity contribution < 1.29 is 19.0 Å². The van der Waals surface area contributed by atoms with Crippen LogP contribution >= 0.6 is 11.9 Å². The maximum absolute atomic E-state index is 14.5. The fourth-order valence-electron chi connectivity index (χ4n) is 4.61. The Labute approximate surface area is 211 Å². The van der Waals surface area contributed by atoms with Gasteiger partial charge in [-0.2, -0.15) is 0 Å². The summed E-state index contributed by atoms with van der Waals surface area (Å²) in [4.78, 5) is 30.6. The largest absolute Gasteiger partial charge is 0.381 e. The van der Waals surface area contributed by atoms with Gasteiger partial charge in [-0.05, 0) is 54.3 Å². The van der Waals surface area contributed by atoms with Gasteiger partial charge in [0.15, 0.2) is 6.29 Å². The Kier molecular flexibility index (Phi) is 6.72. The molecule has 0 spiro atoms. The van der Waals surface area contributed by atoms with E-state index in [1.54, 1.807) is 23.6 Å². The molecule has 2 aromatic heterocycles. The van der Waals surface area contributed by atoms with Gasteiger partial charge in [0.2, 0.25) is 0 Å². The summed E-state index contributed by atoms with van der Waals surface area (Å²) in [6.07, 6.45) is -1.09. The minimum atomic E-state index is -1.47. The lowest BCUT2D eigenvalue weighted by Crippen LogP contribution is -2.26. The minimum Gasteiger partial charge on any atom is -0.381 e. The molecule has 3 heterocycles. The van der Waals surface area contributed by atoms with E-state index in [9.17, 15) is 19.1 Å². The Bertz CT molecular complexity index is 1540. The molecule has 2 aromatic carbocycles. The molecule has 1 aliphatic heterocycles. The summed E-state index contributed by atoms with van der Waals surface area (Å²) in [7, 11) is 1.45. The maximum Gasteiger partial charge on any atom is 0.257 e. The van der Waals surface area contributed by atoms with Crippen LogP contribution in [0.15, 0.2) is 58.2 Å². The fourth-order valence-corrected chi connectivity index (χ4v) is 5.29. The number of fused-ring (bicyclic) bond motifs is 4. The Morgan fingerprint density at radius 3 is 2.75 bits per heavy atom. The Morgan fingerprint density at radius 2 is 2.03 bits per heavy atom. The summed E-state index contributed by atoms with van der Waals surface area (Å²) in [5, 5.41) is 11.1. The summed E-state index contributed by atoms with van der Waals surface area (Å²) >= 11 is 1.48. The molecule has 1 atom stereocenters. The van der Waals surface area contributed by atoms with Gasteiger partial charge in [0, 0.05) is 46.7 Å². The van der Waals surface area contributed by atoms with E-state index in [0.717, 1.165) is 21.4 Å². The Morgan fingerprint density at radius 1 is 1.25 bits per heavy atom. The first-order valence-electron chi connectivity index (χ1n) is 11.4. The van der Waals surface area contributed by atoms with Crippen molar-refractivity contribution in [2.45, 2.75) is 37.6 Å². The molecule has 7 nitrogen and oxygen atoms in total. The number of carbonyl (C=O) groups is 1. The second kappa shape index (κ2) is 9.94. The molecule has 36 heavy (non-hydrogen) atoms. The zero-order valence-corrected chi connectivity index (χ0v) is 20.6. The van der Waals surface area contributed by atoms with Crippen LogP contribution < -0.4 is 10.3 Å². The number of aryl methyl sites for hydroxylation is 1. The molecule has 1 aliphatic rings. The molecule has 5 rings (SSSR count). The molecule has 0 fully saturated rings. The fraction of sp³-hybridized carbons (Fsp3) is 0.222. The lowest BCUT2D eigenvalue weighted by molar-refractivity contribution is -0.115. The second-order valence-electron chi connectivity index (χ2n) is 8.64. The summed E-state index contributed by atoms with van der Waals surface area (Å²) < 4.78 is 24.7. The number of carbonyl (C=O) groups excluding carboxylic acids is 1. The summed E-state index contributed by atoms with van der Waals surface area (Å²) in [5.74, 6) is -0.365. The molecular formula is C27H24FN3O4S. The molecule has 0 saturated heterocycles. The zero-order valence-electron chi connectivity index (χ0n) is 19.7. The number of aliphatic hydroxyl groups is 1. The molecule has 0 radical (unpaired) electrons. The smallest absolute Gasteiger partial charge is 0.257 e. The van der Waals surface area contributed by atoms with Crippen LogP contribution in [0, 0.1) is 12.7 Å². The van der Waals surface area contributed by atoms with Crippen LogP contribution in [0.25, 0.3) is 22.3 Å². The monoisotopic (exact) mass is 505 g/mol. The number of aliphatic hydroxyl groups excluding tert-OH is 1. The highest BCUT2D eigenvalue weighted by Gasteiger charge is 2.29. The molecule has 4 aromatic rings. The highest BCUT2D eigenvalue weighted by atomic mass is 32.2. The highest BCUT2D eigenvalue weighted by Crippen LogP contribution is 2.37. The van der Waals surface area contributed by atoms with E-state index >= 15 is 0 Å². The van der Waals surface area contributed by atoms with Crippen LogP contribution in [0.3, 0.4) is 0 Å². The van der Waals surface area contributed by atoms with Gasteiger partial charge >= 0.3 is 0 Å². The third kappa shape index (κ3) is 4.24. The summed E-state index contributed by atoms with van der Waals surface area (Å²) in [6.45, 7) is 2.38. The Balaban J connectivity index is 1.67. The van der Waals surface area contributed by atoms with E-state index < -0.39 is 6.10 Å². The number of hydrogen-bond donors (Lipinski definition) is 2. The molecule has 9 heteroatoms. The van der Waals surface area contributed by atoms with E-state index in [1.807, 2.05) is 30.3 Å². The third-order valence-electron chi connectivity index (χ3n) is 6.40. The van der Waals surface area contributed by atoms with Gasteiger partial charge in [-0.15, -0.1) is 0 Å². The SMILES string of the molecule is COCc1c(C(O)C=O)cc2n(c1=O)Cc1c-2nc2cc(F)c(C)cc2c1CNSc1ccccc1. The van der Waals surface area contributed by atoms with Crippen LogP contribution in [-0.4, -0.2) is 28.1 Å². The molecule has 184 valence electrons. The van der Waals surface area contributed by atoms with E-state index in [4.69, 9.17) is 9.72 Å². The molecule has 0 saturated carbocycles. The Hall–Kier alpha value is -3.37. The van der Waals surface area contributed by atoms with Crippen LogP contribution in [0.2, 0.25) is 0 Å². The van der Waals surface area contributed by atoms with Crippen LogP contribution in [0.4, 0.5) is 4.39 Å². The number of nitrogens with zero attached hydrogens (tertiary/aromatic N) is 2. The number of ether oxygens (including phenoxy) is 1. The van der Waals surface area contributed by atoms with Gasteiger partial charge in [-0.25, -0.2) is 9.37 Å². The summed E-state index contributed by atoms with van der Waals surface area (Å²) in [6, 6.07) is 14.7. The topological polar surface area (TPSA) is 93.5 Å². The molecule has 1 unspecified atom stereocenters. The normalized spacial score (nSPS) is 13.0. The highest BCUT2D eigenvalue weighted by molar-refractivity contribution is 7.97. The number of rotatable bonds is 8. The van der Waals surface area contributed by atoms with Crippen LogP contribution in [-0.2, 0) is 29.2 Å². The number of halogens is 1. The van der Waals surface area contributed by atoms with Crippen molar-refractivity contribution in [3.8, 4) is 11.4 Å². The van der Waals surface area contributed by atoms with Gasteiger partial charge in [0.05, 0.1) is 30.1 Å².